The van der Waals surface area contributed by atoms with E-state index in [-0.39, 0.29) is 11.9 Å². The summed E-state index contributed by atoms with van der Waals surface area (Å²) < 4.78 is 7.69. The van der Waals surface area contributed by atoms with Crippen LogP contribution < -0.4 is 15.0 Å². The van der Waals surface area contributed by atoms with Gasteiger partial charge in [0.25, 0.3) is 5.91 Å². The number of rotatable bonds is 5. The standard InChI is InChI=1S/C21H21ClN4O2S/c1-28-19-8-7-14(22)11-17(19)25-10-9-15(13-25)24-20(27)18-12-23-21(29)26(18)16-5-3-2-4-6-16/h2-8,11-12,15H,9-10,13H2,1H3,(H,23,29)(H,24,27). The summed E-state index contributed by atoms with van der Waals surface area (Å²) in [4.78, 5) is 18.1. The number of anilines is 1. The highest BCUT2D eigenvalue weighted by Gasteiger charge is 2.27. The molecule has 1 atom stereocenters. The fourth-order valence-electron chi connectivity index (χ4n) is 3.64. The number of aromatic nitrogens is 2. The lowest BCUT2D eigenvalue weighted by molar-refractivity contribution is 0.0933. The molecule has 2 N–H and O–H groups in total. The van der Waals surface area contributed by atoms with Gasteiger partial charge in [0, 0.05) is 36.0 Å². The van der Waals surface area contributed by atoms with Crippen molar-refractivity contribution in [2.45, 2.75) is 12.5 Å². The van der Waals surface area contributed by atoms with E-state index in [4.69, 9.17) is 28.6 Å². The minimum absolute atomic E-state index is 0.0129. The first-order chi connectivity index (χ1) is 14.1. The van der Waals surface area contributed by atoms with Crippen molar-refractivity contribution in [3.05, 3.63) is 70.2 Å². The Morgan fingerprint density at radius 2 is 2.07 bits per heavy atom. The summed E-state index contributed by atoms with van der Waals surface area (Å²) in [6.45, 7) is 1.48. The van der Waals surface area contributed by atoms with Gasteiger partial charge in [-0.1, -0.05) is 29.8 Å². The Morgan fingerprint density at radius 3 is 2.83 bits per heavy atom. The fraction of sp³-hybridized carbons (Fsp3) is 0.238. The average Bonchev–Trinajstić information content (AvgIpc) is 3.35. The SMILES string of the molecule is COc1ccc(Cl)cc1N1CCC(NC(=O)c2c[nH]c(=S)n2-c2ccccc2)C1. The number of nitrogens with zero attached hydrogens (tertiary/aromatic N) is 2. The van der Waals surface area contributed by atoms with E-state index in [1.807, 2.05) is 42.5 Å². The van der Waals surface area contributed by atoms with Crippen molar-refractivity contribution in [3.63, 3.8) is 0 Å². The molecule has 1 aliphatic rings. The molecule has 0 aliphatic carbocycles. The fourth-order valence-corrected chi connectivity index (χ4v) is 4.06. The van der Waals surface area contributed by atoms with Gasteiger partial charge in [-0.3, -0.25) is 9.36 Å². The first-order valence-electron chi connectivity index (χ1n) is 9.32. The van der Waals surface area contributed by atoms with Crippen molar-refractivity contribution >= 4 is 35.4 Å². The number of amides is 1. The number of H-pyrrole nitrogens is 1. The van der Waals surface area contributed by atoms with Gasteiger partial charge in [0.05, 0.1) is 12.8 Å². The normalized spacial score (nSPS) is 16.1. The van der Waals surface area contributed by atoms with E-state index in [0.717, 1.165) is 30.1 Å². The lowest BCUT2D eigenvalue weighted by atomic mass is 10.2. The molecule has 1 saturated heterocycles. The average molecular weight is 429 g/mol. The minimum atomic E-state index is -0.161. The van der Waals surface area contributed by atoms with E-state index < -0.39 is 0 Å². The lowest BCUT2D eigenvalue weighted by Crippen LogP contribution is -2.38. The van der Waals surface area contributed by atoms with Gasteiger partial charge in [0.1, 0.15) is 11.4 Å². The molecule has 1 unspecified atom stereocenters. The van der Waals surface area contributed by atoms with Crippen LogP contribution in [0.25, 0.3) is 5.69 Å². The number of ether oxygens (including phenoxy) is 1. The van der Waals surface area contributed by atoms with Crippen LogP contribution in [0.3, 0.4) is 0 Å². The Morgan fingerprint density at radius 1 is 1.28 bits per heavy atom. The van der Waals surface area contributed by atoms with Gasteiger partial charge in [-0.05, 0) is 49.0 Å². The van der Waals surface area contributed by atoms with Crippen LogP contribution in [0.5, 0.6) is 5.75 Å². The number of methoxy groups -OCH3 is 1. The van der Waals surface area contributed by atoms with Gasteiger partial charge in [0.2, 0.25) is 0 Å². The Hall–Kier alpha value is -2.77. The maximum Gasteiger partial charge on any atom is 0.270 e. The van der Waals surface area contributed by atoms with Crippen LogP contribution >= 0.6 is 23.8 Å². The number of halogens is 1. The number of hydrogen-bond donors (Lipinski definition) is 2. The molecule has 0 spiro atoms. The topological polar surface area (TPSA) is 62.3 Å². The van der Waals surface area contributed by atoms with Crippen molar-refractivity contribution < 1.29 is 9.53 Å². The molecule has 2 aromatic carbocycles. The summed E-state index contributed by atoms with van der Waals surface area (Å²) in [5, 5.41) is 3.78. The molecule has 0 radical (unpaired) electrons. The molecule has 1 fully saturated rings. The Bertz CT molecular complexity index is 1080. The summed E-state index contributed by atoms with van der Waals surface area (Å²) in [5.74, 6) is 0.607. The van der Waals surface area contributed by atoms with Gasteiger partial charge in [-0.2, -0.15) is 0 Å². The maximum atomic E-state index is 13.0. The molecule has 1 amide bonds. The number of carbonyl (C=O) groups is 1. The van der Waals surface area contributed by atoms with Crippen molar-refractivity contribution in [2.75, 3.05) is 25.1 Å². The molecule has 0 saturated carbocycles. The van der Waals surface area contributed by atoms with Gasteiger partial charge < -0.3 is 19.9 Å². The van der Waals surface area contributed by atoms with Gasteiger partial charge in [-0.15, -0.1) is 0 Å². The molecule has 1 aromatic heterocycles. The molecular formula is C21H21ClN4O2S. The molecular weight excluding hydrogens is 408 g/mol. The zero-order chi connectivity index (χ0) is 20.4. The second kappa shape index (κ2) is 8.31. The molecule has 2 heterocycles. The summed E-state index contributed by atoms with van der Waals surface area (Å²) >= 11 is 11.5. The minimum Gasteiger partial charge on any atom is -0.495 e. The lowest BCUT2D eigenvalue weighted by Gasteiger charge is -2.22. The van der Waals surface area contributed by atoms with Crippen LogP contribution in [0.15, 0.2) is 54.7 Å². The largest absolute Gasteiger partial charge is 0.495 e. The van der Waals surface area contributed by atoms with E-state index in [1.165, 1.54) is 0 Å². The van der Waals surface area contributed by atoms with Gasteiger partial charge in [0.15, 0.2) is 4.77 Å². The molecule has 0 bridgehead atoms. The Balaban J connectivity index is 1.50. The van der Waals surface area contributed by atoms with E-state index >= 15 is 0 Å². The molecule has 3 aromatic rings. The summed E-state index contributed by atoms with van der Waals surface area (Å²) in [7, 11) is 1.64. The van der Waals surface area contributed by atoms with Crippen molar-refractivity contribution in [2.24, 2.45) is 0 Å². The Kier molecular flexibility index (Phi) is 5.60. The Labute approximate surface area is 179 Å². The number of para-hydroxylation sites is 1. The summed E-state index contributed by atoms with van der Waals surface area (Å²) in [6.07, 6.45) is 2.48. The third-order valence-corrected chi connectivity index (χ3v) is 5.56. The van der Waals surface area contributed by atoms with Crippen LogP contribution in [0, 0.1) is 4.77 Å². The van der Waals surface area contributed by atoms with E-state index in [1.54, 1.807) is 23.9 Å². The van der Waals surface area contributed by atoms with E-state index in [9.17, 15) is 4.79 Å². The predicted molar refractivity (Wildman–Crippen MR) is 117 cm³/mol. The highest BCUT2D eigenvalue weighted by atomic mass is 35.5. The third kappa shape index (κ3) is 4.02. The van der Waals surface area contributed by atoms with Crippen LogP contribution in [0.2, 0.25) is 5.02 Å². The van der Waals surface area contributed by atoms with Crippen molar-refractivity contribution in [3.8, 4) is 11.4 Å². The number of hydrogen-bond acceptors (Lipinski definition) is 4. The van der Waals surface area contributed by atoms with Gasteiger partial charge >= 0.3 is 0 Å². The second-order valence-corrected chi connectivity index (χ2v) is 7.69. The van der Waals surface area contributed by atoms with Crippen molar-refractivity contribution in [1.29, 1.82) is 0 Å². The first-order valence-corrected chi connectivity index (χ1v) is 10.1. The number of imidazole rings is 1. The van der Waals surface area contributed by atoms with E-state index in [0.29, 0.717) is 22.0 Å². The maximum absolute atomic E-state index is 13.0. The summed E-state index contributed by atoms with van der Waals surface area (Å²) in [5.41, 5.74) is 2.27. The monoisotopic (exact) mass is 428 g/mol. The third-order valence-electron chi connectivity index (χ3n) is 5.03. The zero-order valence-electron chi connectivity index (χ0n) is 15.9. The first kappa shape index (κ1) is 19.5. The van der Waals surface area contributed by atoms with Crippen LogP contribution in [-0.4, -0.2) is 41.7 Å². The second-order valence-electron chi connectivity index (χ2n) is 6.87. The summed E-state index contributed by atoms with van der Waals surface area (Å²) in [6, 6.07) is 15.2. The van der Waals surface area contributed by atoms with Crippen molar-refractivity contribution in [1.82, 2.24) is 14.9 Å². The van der Waals surface area contributed by atoms with E-state index in [2.05, 4.69) is 15.2 Å². The molecule has 29 heavy (non-hydrogen) atoms. The molecule has 1 aliphatic heterocycles. The molecule has 150 valence electrons. The van der Waals surface area contributed by atoms with Gasteiger partial charge in [-0.25, -0.2) is 0 Å². The number of carbonyl (C=O) groups excluding carboxylic acids is 1. The predicted octanol–water partition coefficient (Wildman–Crippen LogP) is 4.21. The smallest absolute Gasteiger partial charge is 0.270 e. The molecule has 8 heteroatoms. The quantitative estimate of drug-likeness (QED) is 0.598. The highest BCUT2D eigenvalue weighted by Crippen LogP contribution is 2.33. The number of benzene rings is 2. The number of nitrogens with one attached hydrogen (secondary N) is 2. The van der Waals surface area contributed by atoms with Crippen LogP contribution in [-0.2, 0) is 0 Å². The van der Waals surface area contributed by atoms with Crippen LogP contribution in [0.4, 0.5) is 5.69 Å². The highest BCUT2D eigenvalue weighted by molar-refractivity contribution is 7.71. The number of aromatic amines is 1. The molecule has 4 rings (SSSR count). The van der Waals surface area contributed by atoms with Crippen LogP contribution in [0.1, 0.15) is 16.9 Å². The zero-order valence-corrected chi connectivity index (χ0v) is 17.5. The molecule has 6 nitrogen and oxygen atoms in total.